The lowest BCUT2D eigenvalue weighted by Crippen LogP contribution is -2.74. The lowest BCUT2D eigenvalue weighted by atomic mass is 10.1. The van der Waals surface area contributed by atoms with Crippen LogP contribution < -0.4 is 20.7 Å². The van der Waals surface area contributed by atoms with Gasteiger partial charge in [-0.05, 0) is 87.5 Å². The van der Waals surface area contributed by atoms with Crippen LogP contribution in [0.2, 0.25) is 0 Å². The monoisotopic (exact) mass is 863 g/mol. The number of furan rings is 1. The molecule has 0 aliphatic carbocycles. The Labute approximate surface area is 378 Å². The van der Waals surface area contributed by atoms with Gasteiger partial charge < -0.3 is 8.98 Å². The molecule has 0 radical (unpaired) electrons. The SMILES string of the molecule is c1ccc([Si](c2ccccc2)(c2cccc3c2oc2ccc(-n4c5ccccc5c5ccccc54)cc23)c2cccc3c2sc2ccc(-n4c5ccccc5c5cccnc54)cc23)cc1. The summed E-state index contributed by atoms with van der Waals surface area (Å²) in [5.41, 5.74) is 8.55. The van der Waals surface area contributed by atoms with E-state index >= 15 is 0 Å². The topological polar surface area (TPSA) is 35.9 Å². The Hall–Kier alpha value is -8.03. The zero-order valence-electron chi connectivity index (χ0n) is 35.0. The molecule has 5 aromatic heterocycles. The molecule has 0 fully saturated rings. The fourth-order valence-corrected chi connectivity index (χ4v) is 17.7. The Balaban J connectivity index is 1.04. The van der Waals surface area contributed by atoms with Gasteiger partial charge in [0.1, 0.15) is 16.8 Å². The van der Waals surface area contributed by atoms with E-state index in [4.69, 9.17) is 9.40 Å². The second-order valence-electron chi connectivity index (χ2n) is 17.0. The van der Waals surface area contributed by atoms with E-state index in [9.17, 15) is 0 Å². The number of rotatable bonds is 6. The van der Waals surface area contributed by atoms with Gasteiger partial charge in [-0.3, -0.25) is 4.57 Å². The standard InChI is InChI=1S/C59H37N3OSSi/c1-3-16-40(17-4-1)65(41-18-5-2-6-19-41,55-29-13-23-45-48-36-38(31-33-53(48)63-57(45)55)61-50-26-10-7-20-42(50)43-21-8-11-27-51(43)61)56-30-14-24-46-49-37-39(32-34-54(49)64-58(46)56)62-52-28-12-9-22-44(52)47-25-15-35-60-59(47)62/h1-37H. The van der Waals surface area contributed by atoms with Crippen molar-refractivity contribution in [1.82, 2.24) is 14.1 Å². The smallest absolute Gasteiger partial charge is 0.185 e. The van der Waals surface area contributed by atoms with Crippen molar-refractivity contribution in [3.05, 3.63) is 225 Å². The highest BCUT2D eigenvalue weighted by molar-refractivity contribution is 7.31. The molecule has 0 aliphatic rings. The molecule has 0 saturated carbocycles. The molecule has 9 aromatic carbocycles. The second-order valence-corrected chi connectivity index (χ2v) is 21.8. The molecule has 0 N–H and O–H groups in total. The number of hydrogen-bond acceptors (Lipinski definition) is 3. The number of thiophene rings is 1. The van der Waals surface area contributed by atoms with Crippen molar-refractivity contribution < 1.29 is 4.42 Å². The largest absolute Gasteiger partial charge is 0.456 e. The van der Waals surface area contributed by atoms with Crippen molar-refractivity contribution in [2.24, 2.45) is 0 Å². The summed E-state index contributed by atoms with van der Waals surface area (Å²) in [6.07, 6.45) is 1.90. The maximum atomic E-state index is 7.22. The zero-order chi connectivity index (χ0) is 42.6. The molecular formula is C59H37N3OSSi. The predicted octanol–water partition coefficient (Wildman–Crippen LogP) is 12.9. The van der Waals surface area contributed by atoms with Gasteiger partial charge in [0.25, 0.3) is 0 Å². The molecule has 65 heavy (non-hydrogen) atoms. The van der Waals surface area contributed by atoms with Crippen LogP contribution in [0.25, 0.3) is 97.2 Å². The van der Waals surface area contributed by atoms with Gasteiger partial charge in [-0.1, -0.05) is 152 Å². The van der Waals surface area contributed by atoms with Crippen LogP contribution in [0.1, 0.15) is 0 Å². The van der Waals surface area contributed by atoms with Gasteiger partial charge in [-0.2, -0.15) is 0 Å². The van der Waals surface area contributed by atoms with Crippen molar-refractivity contribution in [2.75, 3.05) is 0 Å². The molecule has 0 bridgehead atoms. The minimum atomic E-state index is -3.14. The Morgan fingerprint density at radius 1 is 0.400 bits per heavy atom. The van der Waals surface area contributed by atoms with E-state index < -0.39 is 8.07 Å². The first-order chi connectivity index (χ1) is 32.3. The predicted molar refractivity (Wildman–Crippen MR) is 277 cm³/mol. The molecule has 0 aliphatic heterocycles. The highest BCUT2D eigenvalue weighted by atomic mass is 32.1. The Morgan fingerprint density at radius 2 is 0.938 bits per heavy atom. The maximum absolute atomic E-state index is 7.22. The van der Waals surface area contributed by atoms with Crippen molar-refractivity contribution in [2.45, 2.75) is 0 Å². The third-order valence-corrected chi connectivity index (χ3v) is 19.9. The van der Waals surface area contributed by atoms with Gasteiger partial charge in [0.2, 0.25) is 0 Å². The van der Waals surface area contributed by atoms with Gasteiger partial charge in [-0.25, -0.2) is 4.98 Å². The summed E-state index contributed by atoms with van der Waals surface area (Å²) < 4.78 is 14.5. The first kappa shape index (κ1) is 36.5. The first-order valence-electron chi connectivity index (χ1n) is 22.1. The summed E-state index contributed by atoms with van der Waals surface area (Å²) in [6, 6.07) is 80.3. The van der Waals surface area contributed by atoms with E-state index in [-0.39, 0.29) is 0 Å². The fourth-order valence-electron chi connectivity index (χ4n) is 11.0. The molecule has 0 unspecified atom stereocenters. The fraction of sp³-hybridized carbons (Fsp3) is 0. The van der Waals surface area contributed by atoms with E-state index in [1.165, 1.54) is 68.1 Å². The van der Waals surface area contributed by atoms with Crippen LogP contribution in [0, 0.1) is 0 Å². The average molecular weight is 864 g/mol. The zero-order valence-corrected chi connectivity index (χ0v) is 36.8. The Bertz CT molecular complexity index is 3820. The Morgan fingerprint density at radius 3 is 1.65 bits per heavy atom. The summed E-state index contributed by atoms with van der Waals surface area (Å²) in [5, 5.41) is 14.8. The summed E-state index contributed by atoms with van der Waals surface area (Å²) in [5.74, 6) is 0. The van der Waals surface area contributed by atoms with Crippen molar-refractivity contribution in [1.29, 1.82) is 0 Å². The molecule has 304 valence electrons. The lowest BCUT2D eigenvalue weighted by Gasteiger charge is -2.34. The Kier molecular flexibility index (Phi) is 7.84. The van der Waals surface area contributed by atoms with Crippen molar-refractivity contribution in [3.63, 3.8) is 0 Å². The molecule has 6 heteroatoms. The van der Waals surface area contributed by atoms with Crippen molar-refractivity contribution in [3.8, 4) is 11.4 Å². The van der Waals surface area contributed by atoms with Crippen molar-refractivity contribution >= 4 is 126 Å². The summed E-state index contributed by atoms with van der Waals surface area (Å²) in [4.78, 5) is 4.92. The van der Waals surface area contributed by atoms with Gasteiger partial charge in [0.05, 0.1) is 16.6 Å². The van der Waals surface area contributed by atoms with E-state index in [1.807, 2.05) is 23.6 Å². The summed E-state index contributed by atoms with van der Waals surface area (Å²) in [7, 11) is -3.14. The van der Waals surface area contributed by atoms with E-state index in [1.54, 1.807) is 0 Å². The highest BCUT2D eigenvalue weighted by Crippen LogP contribution is 2.39. The van der Waals surface area contributed by atoms with E-state index in [0.717, 1.165) is 49.9 Å². The van der Waals surface area contributed by atoms with Gasteiger partial charge in [0.15, 0.2) is 8.07 Å². The second kappa shape index (κ2) is 14.0. The summed E-state index contributed by atoms with van der Waals surface area (Å²) >= 11 is 1.90. The normalized spacial score (nSPS) is 12.3. The quantitative estimate of drug-likeness (QED) is 0.123. The number of fused-ring (bicyclic) bond motifs is 12. The molecular weight excluding hydrogens is 827 g/mol. The lowest BCUT2D eigenvalue weighted by molar-refractivity contribution is 0.671. The minimum Gasteiger partial charge on any atom is -0.456 e. The van der Waals surface area contributed by atoms with Crippen LogP contribution in [0.5, 0.6) is 0 Å². The van der Waals surface area contributed by atoms with Crippen LogP contribution >= 0.6 is 11.3 Å². The number of benzene rings is 9. The third kappa shape index (κ3) is 5.15. The van der Waals surface area contributed by atoms with Crippen LogP contribution in [-0.2, 0) is 0 Å². The van der Waals surface area contributed by atoms with Crippen LogP contribution in [-0.4, -0.2) is 22.2 Å². The molecule has 14 aromatic rings. The van der Waals surface area contributed by atoms with Crippen LogP contribution in [0.15, 0.2) is 229 Å². The molecule has 0 amide bonds. The first-order valence-corrected chi connectivity index (χ1v) is 24.9. The molecule has 0 saturated heterocycles. The molecule has 0 spiro atoms. The van der Waals surface area contributed by atoms with E-state index in [0.29, 0.717) is 0 Å². The number of hydrogen-bond donors (Lipinski definition) is 0. The van der Waals surface area contributed by atoms with Crippen LogP contribution in [0.3, 0.4) is 0 Å². The highest BCUT2D eigenvalue weighted by Gasteiger charge is 2.45. The number of para-hydroxylation sites is 4. The minimum absolute atomic E-state index is 0.883. The van der Waals surface area contributed by atoms with E-state index in [2.05, 4.69) is 221 Å². The van der Waals surface area contributed by atoms with Crippen LogP contribution in [0.4, 0.5) is 0 Å². The van der Waals surface area contributed by atoms with Gasteiger partial charge >= 0.3 is 0 Å². The average Bonchev–Trinajstić information content (AvgIpc) is 4.13. The number of nitrogens with zero attached hydrogens (tertiary/aromatic N) is 3. The number of aromatic nitrogens is 3. The molecule has 14 rings (SSSR count). The maximum Gasteiger partial charge on any atom is 0.185 e. The molecule has 4 nitrogen and oxygen atoms in total. The molecule has 0 atom stereocenters. The number of pyridine rings is 1. The van der Waals surface area contributed by atoms with Gasteiger partial charge in [-0.15, -0.1) is 11.3 Å². The summed E-state index contributed by atoms with van der Waals surface area (Å²) in [6.45, 7) is 0. The molecule has 5 heterocycles. The third-order valence-electron chi connectivity index (χ3n) is 13.7. The van der Waals surface area contributed by atoms with Gasteiger partial charge in [0, 0.05) is 70.1 Å².